The summed E-state index contributed by atoms with van der Waals surface area (Å²) in [5.41, 5.74) is 0. The Bertz CT molecular complexity index is 913. The standard InChI is InChI=1S/C14H12F13NO7S/c1-2-6(29)35-10(13(23,24)25,8(30)28-7(11(17,18)19)12(20,21)22)34-5-3-4-9(15,16)14(26,27)36(31,32)33/h2,7H,1,3-5H2,(H,28,30)(H,31,32,33). The molecular formula is C14H12F13NO7S. The fraction of sp³-hybridized carbons (Fsp3) is 0.714. The number of hydrogen-bond acceptors (Lipinski definition) is 6. The van der Waals surface area contributed by atoms with Crippen LogP contribution in [-0.4, -0.2) is 73.0 Å². The number of nitrogens with one attached hydrogen (secondary N) is 1. The number of ether oxygens (including phenoxy) is 2. The van der Waals surface area contributed by atoms with Crippen LogP contribution in [0, 0.1) is 0 Å². The zero-order chi connectivity index (χ0) is 29.2. The number of hydrogen-bond donors (Lipinski definition) is 2. The van der Waals surface area contributed by atoms with Gasteiger partial charge in [-0.25, -0.2) is 4.79 Å². The minimum Gasteiger partial charge on any atom is -0.412 e. The molecule has 0 aliphatic carbocycles. The van der Waals surface area contributed by atoms with Gasteiger partial charge in [-0.1, -0.05) is 6.58 Å². The maximum absolute atomic E-state index is 13.5. The minimum atomic E-state index is -6.78. The average molecular weight is 585 g/mol. The summed E-state index contributed by atoms with van der Waals surface area (Å²) in [5, 5.41) is -6.36. The second-order valence-electron chi connectivity index (χ2n) is 6.38. The lowest BCUT2D eigenvalue weighted by atomic mass is 10.1. The van der Waals surface area contributed by atoms with E-state index in [-0.39, 0.29) is 11.4 Å². The molecule has 8 nitrogen and oxygen atoms in total. The monoisotopic (exact) mass is 585 g/mol. The lowest BCUT2D eigenvalue weighted by Crippen LogP contribution is -2.66. The highest BCUT2D eigenvalue weighted by Gasteiger charge is 2.69. The van der Waals surface area contributed by atoms with Crippen molar-refractivity contribution in [3.8, 4) is 0 Å². The largest absolute Gasteiger partial charge is 0.466 e. The van der Waals surface area contributed by atoms with Crippen LogP contribution in [0.3, 0.4) is 0 Å². The number of alkyl halides is 13. The summed E-state index contributed by atoms with van der Waals surface area (Å²) in [4.78, 5) is 23.1. The van der Waals surface area contributed by atoms with Crippen LogP contribution in [0.25, 0.3) is 0 Å². The average Bonchev–Trinajstić information content (AvgIpc) is 2.64. The predicted molar refractivity (Wildman–Crippen MR) is 85.7 cm³/mol. The van der Waals surface area contributed by atoms with Gasteiger partial charge in [-0.15, -0.1) is 0 Å². The van der Waals surface area contributed by atoms with Gasteiger partial charge in [0.15, 0.2) is 0 Å². The first-order chi connectivity index (χ1) is 15.7. The Morgan fingerprint density at radius 1 is 0.917 bits per heavy atom. The minimum absolute atomic E-state index is 0.151. The van der Waals surface area contributed by atoms with Gasteiger partial charge in [0.2, 0.25) is 6.04 Å². The second-order valence-corrected chi connectivity index (χ2v) is 7.84. The number of esters is 1. The van der Waals surface area contributed by atoms with E-state index >= 15 is 0 Å². The summed E-state index contributed by atoms with van der Waals surface area (Å²) in [6.07, 6.45) is -23.9. The van der Waals surface area contributed by atoms with E-state index in [1.807, 2.05) is 0 Å². The molecule has 1 unspecified atom stereocenters. The van der Waals surface area contributed by atoms with Crippen molar-refractivity contribution in [2.24, 2.45) is 0 Å². The smallest absolute Gasteiger partial charge is 0.412 e. The Hall–Kier alpha value is -2.36. The van der Waals surface area contributed by atoms with Crippen molar-refractivity contribution >= 4 is 22.0 Å². The Kier molecular flexibility index (Phi) is 9.86. The van der Waals surface area contributed by atoms with E-state index in [1.165, 1.54) is 0 Å². The van der Waals surface area contributed by atoms with E-state index in [0.717, 1.165) is 0 Å². The third-order valence-corrected chi connectivity index (χ3v) is 4.65. The topological polar surface area (TPSA) is 119 Å². The quantitative estimate of drug-likeness (QED) is 0.0952. The molecule has 0 bridgehead atoms. The number of amides is 1. The third kappa shape index (κ3) is 7.57. The maximum atomic E-state index is 13.5. The Morgan fingerprint density at radius 3 is 1.69 bits per heavy atom. The van der Waals surface area contributed by atoms with Gasteiger partial charge in [0.1, 0.15) is 0 Å². The zero-order valence-corrected chi connectivity index (χ0v) is 17.5. The van der Waals surface area contributed by atoms with Crippen molar-refractivity contribution in [2.45, 2.75) is 54.4 Å². The van der Waals surface area contributed by atoms with Crippen LogP contribution in [0.15, 0.2) is 12.7 Å². The van der Waals surface area contributed by atoms with Crippen LogP contribution in [0.2, 0.25) is 0 Å². The molecule has 0 aliphatic rings. The van der Waals surface area contributed by atoms with Crippen molar-refractivity contribution in [3.05, 3.63) is 12.7 Å². The predicted octanol–water partition coefficient (Wildman–Crippen LogP) is 3.50. The molecule has 0 spiro atoms. The molecule has 0 aliphatic heterocycles. The summed E-state index contributed by atoms with van der Waals surface area (Å²) in [6, 6.07) is -5.00. The SMILES string of the molecule is C=CC(=O)OC(OCCCC(F)(F)C(F)(F)S(=O)(=O)O)(C(=O)NC(C(F)(F)F)C(F)(F)F)C(F)(F)F. The van der Waals surface area contributed by atoms with E-state index in [1.54, 1.807) is 0 Å². The number of carbonyl (C=O) groups is 2. The lowest BCUT2D eigenvalue weighted by Gasteiger charge is -2.35. The summed E-state index contributed by atoms with van der Waals surface area (Å²) >= 11 is 0. The van der Waals surface area contributed by atoms with E-state index in [2.05, 4.69) is 16.1 Å². The Labute approximate surface area is 191 Å². The molecule has 0 aromatic rings. The first-order valence-electron chi connectivity index (χ1n) is 8.40. The number of halogens is 13. The van der Waals surface area contributed by atoms with Crippen molar-refractivity contribution in [1.29, 1.82) is 0 Å². The highest BCUT2D eigenvalue weighted by Crippen LogP contribution is 2.42. The van der Waals surface area contributed by atoms with Crippen molar-refractivity contribution < 1.29 is 89.1 Å². The lowest BCUT2D eigenvalue weighted by molar-refractivity contribution is -0.349. The number of rotatable bonds is 11. The van der Waals surface area contributed by atoms with E-state index < -0.39 is 83.0 Å². The van der Waals surface area contributed by atoms with Gasteiger partial charge in [0.25, 0.3) is 0 Å². The highest BCUT2D eigenvalue weighted by atomic mass is 32.2. The van der Waals surface area contributed by atoms with Gasteiger partial charge in [-0.2, -0.15) is 65.5 Å². The van der Waals surface area contributed by atoms with Crippen molar-refractivity contribution in [3.63, 3.8) is 0 Å². The Morgan fingerprint density at radius 2 is 1.36 bits per heavy atom. The maximum Gasteiger partial charge on any atom is 0.466 e. The van der Waals surface area contributed by atoms with Crippen LogP contribution in [0.4, 0.5) is 57.1 Å². The number of carbonyl (C=O) groups excluding carboxylic acids is 2. The van der Waals surface area contributed by atoms with Crippen molar-refractivity contribution in [1.82, 2.24) is 5.32 Å². The molecule has 0 heterocycles. The molecule has 0 aromatic heterocycles. The molecule has 2 N–H and O–H groups in total. The molecule has 1 amide bonds. The van der Waals surface area contributed by atoms with Gasteiger partial charge in [0.05, 0.1) is 6.61 Å². The fourth-order valence-electron chi connectivity index (χ4n) is 2.01. The Balaban J connectivity index is 6.20. The van der Waals surface area contributed by atoms with Gasteiger partial charge in [-0.3, -0.25) is 9.35 Å². The first-order valence-corrected chi connectivity index (χ1v) is 9.84. The van der Waals surface area contributed by atoms with Crippen molar-refractivity contribution in [2.75, 3.05) is 6.61 Å². The highest BCUT2D eigenvalue weighted by molar-refractivity contribution is 7.87. The molecule has 0 saturated carbocycles. The summed E-state index contributed by atoms with van der Waals surface area (Å²) in [6.45, 7) is 0.466. The molecule has 0 fully saturated rings. The van der Waals surface area contributed by atoms with Gasteiger partial charge < -0.3 is 14.8 Å². The van der Waals surface area contributed by atoms with Crippen LogP contribution in [0.1, 0.15) is 12.8 Å². The van der Waals surface area contributed by atoms with Gasteiger partial charge >= 0.3 is 57.5 Å². The molecule has 212 valence electrons. The molecule has 22 heteroatoms. The van der Waals surface area contributed by atoms with E-state index in [4.69, 9.17) is 4.55 Å². The second kappa shape index (κ2) is 10.6. The molecular weight excluding hydrogens is 573 g/mol. The van der Waals surface area contributed by atoms with Crippen LogP contribution >= 0.6 is 0 Å². The molecule has 0 radical (unpaired) electrons. The third-order valence-electron chi connectivity index (χ3n) is 3.70. The molecule has 0 aromatic carbocycles. The molecule has 0 saturated heterocycles. The van der Waals surface area contributed by atoms with Crippen LogP contribution < -0.4 is 5.32 Å². The summed E-state index contributed by atoms with van der Waals surface area (Å²) < 4.78 is 205. The molecule has 36 heavy (non-hydrogen) atoms. The summed E-state index contributed by atoms with van der Waals surface area (Å²) in [7, 11) is -6.78. The van der Waals surface area contributed by atoms with Crippen LogP contribution in [-0.2, 0) is 29.2 Å². The normalized spacial score (nSPS) is 15.9. The van der Waals surface area contributed by atoms with E-state index in [0.29, 0.717) is 0 Å². The van der Waals surface area contributed by atoms with Gasteiger partial charge in [-0.05, 0) is 6.42 Å². The van der Waals surface area contributed by atoms with E-state index in [9.17, 15) is 75.1 Å². The zero-order valence-electron chi connectivity index (χ0n) is 16.7. The molecule has 1 atom stereocenters. The summed E-state index contributed by atoms with van der Waals surface area (Å²) in [5.74, 6) is -16.9. The molecule has 0 rings (SSSR count). The first kappa shape index (κ1) is 33.6. The van der Waals surface area contributed by atoms with Crippen LogP contribution in [0.5, 0.6) is 0 Å². The van der Waals surface area contributed by atoms with Gasteiger partial charge in [0, 0.05) is 12.5 Å². The fourth-order valence-corrected chi connectivity index (χ4v) is 2.49.